The third kappa shape index (κ3) is 5.07. The molecular weight excluding hydrogens is 415 g/mol. The maximum atomic E-state index is 13.1. The van der Waals surface area contributed by atoms with Gasteiger partial charge in [0, 0.05) is 6.07 Å². The van der Waals surface area contributed by atoms with E-state index in [0.29, 0.717) is 5.88 Å². The van der Waals surface area contributed by atoms with Crippen molar-refractivity contribution in [3.8, 4) is 5.88 Å². The van der Waals surface area contributed by atoms with Crippen molar-refractivity contribution in [2.75, 3.05) is 4.72 Å². The van der Waals surface area contributed by atoms with Crippen LogP contribution in [0.4, 0.5) is 10.1 Å². The lowest BCUT2D eigenvalue weighted by Gasteiger charge is -2.19. The Morgan fingerprint density at radius 1 is 0.774 bits per heavy atom. The number of sulfonamides is 1. The van der Waals surface area contributed by atoms with E-state index >= 15 is 0 Å². The van der Waals surface area contributed by atoms with Gasteiger partial charge >= 0.3 is 0 Å². The highest BCUT2D eigenvalue weighted by molar-refractivity contribution is 7.92. The zero-order valence-electron chi connectivity index (χ0n) is 16.4. The Morgan fingerprint density at radius 3 is 1.87 bits per heavy atom. The first-order valence-corrected chi connectivity index (χ1v) is 11.0. The highest BCUT2D eigenvalue weighted by Crippen LogP contribution is 2.28. The molecule has 0 aliphatic carbocycles. The van der Waals surface area contributed by atoms with E-state index in [2.05, 4.69) is 9.71 Å². The number of ether oxygens (including phenoxy) is 1. The summed E-state index contributed by atoms with van der Waals surface area (Å²) < 4.78 is 46.5. The van der Waals surface area contributed by atoms with Gasteiger partial charge in [0.25, 0.3) is 10.0 Å². The number of hydrogen-bond acceptors (Lipinski definition) is 4. The molecule has 156 valence electrons. The van der Waals surface area contributed by atoms with Crippen molar-refractivity contribution in [2.45, 2.75) is 11.0 Å². The van der Waals surface area contributed by atoms with Crippen LogP contribution in [0, 0.1) is 5.82 Å². The van der Waals surface area contributed by atoms with Crippen molar-refractivity contribution in [3.63, 3.8) is 0 Å². The number of aromatic nitrogens is 1. The quantitative estimate of drug-likeness (QED) is 0.435. The fraction of sp³-hybridized carbons (Fsp3) is 0.0417. The lowest BCUT2D eigenvalue weighted by molar-refractivity contribution is 0.237. The molecule has 31 heavy (non-hydrogen) atoms. The topological polar surface area (TPSA) is 68.3 Å². The van der Waals surface area contributed by atoms with Gasteiger partial charge in [-0.2, -0.15) is 0 Å². The van der Waals surface area contributed by atoms with Crippen LogP contribution in [0.15, 0.2) is 108 Å². The van der Waals surface area contributed by atoms with Crippen LogP contribution in [0.1, 0.15) is 17.2 Å². The average molecular weight is 434 g/mol. The molecule has 0 fully saturated rings. The van der Waals surface area contributed by atoms with E-state index in [1.165, 1.54) is 18.3 Å². The first-order chi connectivity index (χ1) is 15.0. The van der Waals surface area contributed by atoms with E-state index in [1.54, 1.807) is 12.1 Å². The second-order valence-corrected chi connectivity index (χ2v) is 8.45. The fourth-order valence-corrected chi connectivity index (χ4v) is 4.09. The molecular formula is C24H19FN2O3S. The van der Waals surface area contributed by atoms with Crippen molar-refractivity contribution in [3.05, 3.63) is 120 Å². The van der Waals surface area contributed by atoms with E-state index in [4.69, 9.17) is 4.74 Å². The normalized spacial score (nSPS) is 11.3. The van der Waals surface area contributed by atoms with Crippen LogP contribution < -0.4 is 9.46 Å². The zero-order valence-corrected chi connectivity index (χ0v) is 17.2. The molecule has 0 bridgehead atoms. The van der Waals surface area contributed by atoms with Crippen LogP contribution in [0.5, 0.6) is 5.88 Å². The van der Waals surface area contributed by atoms with Crippen molar-refractivity contribution in [1.29, 1.82) is 0 Å². The summed E-state index contributed by atoms with van der Waals surface area (Å²) in [7, 11) is -3.85. The van der Waals surface area contributed by atoms with E-state index in [0.717, 1.165) is 23.3 Å². The second-order valence-electron chi connectivity index (χ2n) is 6.76. The number of benzene rings is 3. The SMILES string of the molecule is O=S(=O)(Nc1ccc(OC(c2ccccc2)c2ccccc2)nc1)c1ccc(F)cc1. The molecule has 0 amide bonds. The Kier molecular flexibility index (Phi) is 5.95. The van der Waals surface area contributed by atoms with Crippen molar-refractivity contribution >= 4 is 15.7 Å². The summed E-state index contributed by atoms with van der Waals surface area (Å²) in [5, 5.41) is 0. The minimum Gasteiger partial charge on any atom is -0.465 e. The maximum Gasteiger partial charge on any atom is 0.261 e. The molecule has 0 unspecified atom stereocenters. The standard InChI is InChI=1S/C24H19FN2O3S/c25-20-11-14-22(15-12-20)31(28,29)27-21-13-16-23(26-17-21)30-24(18-7-3-1-4-8-18)19-9-5-2-6-10-19/h1-17,24,27H. The molecule has 1 aromatic heterocycles. The highest BCUT2D eigenvalue weighted by Gasteiger charge is 2.17. The smallest absolute Gasteiger partial charge is 0.261 e. The Bertz CT molecular complexity index is 1190. The van der Waals surface area contributed by atoms with Crippen LogP contribution in [0.25, 0.3) is 0 Å². The number of anilines is 1. The summed E-state index contributed by atoms with van der Waals surface area (Å²) >= 11 is 0. The van der Waals surface area contributed by atoms with Crippen LogP contribution >= 0.6 is 0 Å². The van der Waals surface area contributed by atoms with E-state index in [9.17, 15) is 12.8 Å². The summed E-state index contributed by atoms with van der Waals surface area (Å²) in [5.74, 6) is -0.157. The maximum absolute atomic E-state index is 13.1. The van der Waals surface area contributed by atoms with Crippen LogP contribution in [-0.2, 0) is 10.0 Å². The molecule has 1 heterocycles. The number of hydrogen-bond donors (Lipinski definition) is 1. The van der Waals surface area contributed by atoms with E-state index in [1.807, 2.05) is 60.7 Å². The minimum atomic E-state index is -3.85. The highest BCUT2D eigenvalue weighted by atomic mass is 32.2. The molecule has 0 aliphatic rings. The first-order valence-electron chi connectivity index (χ1n) is 9.52. The van der Waals surface area contributed by atoms with Gasteiger partial charge in [0.1, 0.15) is 5.82 Å². The van der Waals surface area contributed by atoms with Gasteiger partial charge in [-0.3, -0.25) is 4.72 Å². The van der Waals surface area contributed by atoms with Crippen LogP contribution in [-0.4, -0.2) is 13.4 Å². The Labute approximate surface area is 180 Å². The third-order valence-electron chi connectivity index (χ3n) is 4.56. The molecule has 3 aromatic carbocycles. The van der Waals surface area contributed by atoms with Gasteiger partial charge in [0.05, 0.1) is 16.8 Å². The van der Waals surface area contributed by atoms with Crippen molar-refractivity contribution < 1.29 is 17.5 Å². The third-order valence-corrected chi connectivity index (χ3v) is 5.95. The second kappa shape index (κ2) is 8.97. The molecule has 0 saturated carbocycles. The summed E-state index contributed by atoms with van der Waals surface area (Å²) in [6.07, 6.45) is 1.01. The molecule has 0 spiro atoms. The molecule has 0 aliphatic heterocycles. The molecule has 4 aromatic rings. The van der Waals surface area contributed by atoms with Crippen LogP contribution in [0.3, 0.4) is 0 Å². The summed E-state index contributed by atoms with van der Waals surface area (Å²) in [6.45, 7) is 0. The minimum absolute atomic E-state index is 0.0394. The van der Waals surface area contributed by atoms with Gasteiger partial charge in [0.15, 0.2) is 6.10 Å². The van der Waals surface area contributed by atoms with Gasteiger partial charge in [-0.15, -0.1) is 0 Å². The number of nitrogens with zero attached hydrogens (tertiary/aromatic N) is 1. The molecule has 0 radical (unpaired) electrons. The average Bonchev–Trinajstić information content (AvgIpc) is 2.80. The summed E-state index contributed by atoms with van der Waals surface area (Å²) in [5.41, 5.74) is 2.21. The predicted octanol–water partition coefficient (Wildman–Crippen LogP) is 5.19. The first kappa shape index (κ1) is 20.6. The largest absolute Gasteiger partial charge is 0.465 e. The lowest BCUT2D eigenvalue weighted by Crippen LogP contribution is -2.13. The molecule has 0 atom stereocenters. The van der Waals surface area contributed by atoms with Gasteiger partial charge in [-0.1, -0.05) is 60.7 Å². The van der Waals surface area contributed by atoms with E-state index in [-0.39, 0.29) is 16.7 Å². The Balaban J connectivity index is 1.53. The summed E-state index contributed by atoms with van der Waals surface area (Å²) in [4.78, 5) is 4.21. The molecule has 0 saturated heterocycles. The van der Waals surface area contributed by atoms with Gasteiger partial charge in [-0.25, -0.2) is 17.8 Å². The van der Waals surface area contributed by atoms with E-state index < -0.39 is 15.8 Å². The predicted molar refractivity (Wildman–Crippen MR) is 117 cm³/mol. The molecule has 1 N–H and O–H groups in total. The van der Waals surface area contributed by atoms with Gasteiger partial charge in [-0.05, 0) is 41.5 Å². The molecule has 5 nitrogen and oxygen atoms in total. The zero-order chi connectivity index (χ0) is 21.7. The fourth-order valence-electron chi connectivity index (χ4n) is 3.04. The monoisotopic (exact) mass is 434 g/mol. The molecule has 7 heteroatoms. The van der Waals surface area contributed by atoms with Crippen molar-refractivity contribution in [1.82, 2.24) is 4.98 Å². The Morgan fingerprint density at radius 2 is 1.35 bits per heavy atom. The number of pyridine rings is 1. The summed E-state index contributed by atoms with van der Waals surface area (Å²) in [6, 6.07) is 27.3. The molecule has 4 rings (SSSR count). The number of nitrogens with one attached hydrogen (secondary N) is 1. The lowest BCUT2D eigenvalue weighted by atomic mass is 10.0. The van der Waals surface area contributed by atoms with Crippen molar-refractivity contribution in [2.24, 2.45) is 0 Å². The Hall–Kier alpha value is -3.71. The number of halogens is 1. The van der Waals surface area contributed by atoms with Crippen LogP contribution in [0.2, 0.25) is 0 Å². The van der Waals surface area contributed by atoms with Gasteiger partial charge < -0.3 is 4.74 Å². The number of rotatable bonds is 7. The van der Waals surface area contributed by atoms with Gasteiger partial charge in [0.2, 0.25) is 5.88 Å².